The summed E-state index contributed by atoms with van der Waals surface area (Å²) in [6, 6.07) is 0. The second-order valence-corrected chi connectivity index (χ2v) is 7.66. The molecule has 0 spiro atoms. The van der Waals surface area contributed by atoms with Crippen LogP contribution in [0.4, 0.5) is 0 Å². The quantitative estimate of drug-likeness (QED) is 0.486. The van der Waals surface area contributed by atoms with Crippen LogP contribution in [0, 0.1) is 5.41 Å². The fraction of sp³-hybridized carbons (Fsp3) is 0.800. The zero-order valence-electron chi connectivity index (χ0n) is 15.5. The number of ether oxygens (including phenoxy) is 2. The molecule has 1 aliphatic carbocycles. The smallest absolute Gasteiger partial charge is 0.309 e. The van der Waals surface area contributed by atoms with Crippen LogP contribution in [0.25, 0.3) is 0 Å². The molecule has 1 saturated carbocycles. The Morgan fingerprint density at radius 3 is 2.08 bits per heavy atom. The van der Waals surface area contributed by atoms with Gasteiger partial charge in [0.15, 0.2) is 0 Å². The Kier molecular flexibility index (Phi) is 9.73. The molecule has 0 heterocycles. The first kappa shape index (κ1) is 20.7. The van der Waals surface area contributed by atoms with Gasteiger partial charge in [-0.1, -0.05) is 52.0 Å². The highest BCUT2D eigenvalue weighted by atomic mass is 16.5. The minimum atomic E-state index is -0.413. The zero-order chi connectivity index (χ0) is 17.8. The number of rotatable bonds is 7. The van der Waals surface area contributed by atoms with E-state index in [1.165, 1.54) is 38.2 Å². The summed E-state index contributed by atoms with van der Waals surface area (Å²) in [6.07, 6.45) is 12.7. The lowest BCUT2D eigenvalue weighted by atomic mass is 9.90. The second-order valence-electron chi connectivity index (χ2n) is 7.66. The zero-order valence-corrected chi connectivity index (χ0v) is 15.5. The van der Waals surface area contributed by atoms with E-state index < -0.39 is 5.41 Å². The first-order chi connectivity index (χ1) is 11.4. The Morgan fingerprint density at radius 1 is 1.00 bits per heavy atom. The minimum absolute atomic E-state index is 0.0507. The number of esters is 2. The van der Waals surface area contributed by atoms with Crippen LogP contribution < -0.4 is 0 Å². The summed E-state index contributed by atoms with van der Waals surface area (Å²) < 4.78 is 10.9. The Morgan fingerprint density at radius 2 is 1.54 bits per heavy atom. The van der Waals surface area contributed by atoms with Crippen molar-refractivity contribution < 1.29 is 19.1 Å². The largest absolute Gasteiger partial charge is 0.465 e. The maximum Gasteiger partial charge on any atom is 0.309 e. The molecule has 1 rings (SSSR count). The molecule has 24 heavy (non-hydrogen) atoms. The van der Waals surface area contributed by atoms with Crippen LogP contribution in [-0.2, 0) is 19.1 Å². The van der Waals surface area contributed by atoms with E-state index in [-0.39, 0.29) is 37.5 Å². The van der Waals surface area contributed by atoms with Crippen molar-refractivity contribution in [2.75, 3.05) is 6.61 Å². The molecule has 0 unspecified atom stereocenters. The fourth-order valence-corrected chi connectivity index (χ4v) is 3.01. The summed E-state index contributed by atoms with van der Waals surface area (Å²) in [6.45, 7) is 7.57. The van der Waals surface area contributed by atoms with Gasteiger partial charge in [0.1, 0.15) is 6.10 Å². The molecule has 138 valence electrons. The molecule has 0 aliphatic heterocycles. The Hall–Kier alpha value is -1.32. The number of hydrogen-bond acceptors (Lipinski definition) is 4. The lowest BCUT2D eigenvalue weighted by Gasteiger charge is -2.25. The first-order valence-electron chi connectivity index (χ1n) is 9.39. The van der Waals surface area contributed by atoms with Crippen molar-refractivity contribution in [1.29, 1.82) is 0 Å². The predicted molar refractivity (Wildman–Crippen MR) is 95.6 cm³/mol. The maximum absolute atomic E-state index is 12.3. The molecule has 1 aliphatic rings. The summed E-state index contributed by atoms with van der Waals surface area (Å²) in [5.41, 5.74) is -0.413. The van der Waals surface area contributed by atoms with Crippen LogP contribution in [0.3, 0.4) is 0 Å². The molecular formula is C20H34O4. The number of carbonyl (C=O) groups is 2. The van der Waals surface area contributed by atoms with Crippen LogP contribution >= 0.6 is 0 Å². The van der Waals surface area contributed by atoms with Crippen LogP contribution in [0.5, 0.6) is 0 Å². The first-order valence-corrected chi connectivity index (χ1v) is 9.39. The molecule has 4 heteroatoms. The Bertz CT molecular complexity index is 390. The molecule has 0 aromatic carbocycles. The molecule has 0 bridgehead atoms. The van der Waals surface area contributed by atoms with Crippen molar-refractivity contribution in [2.45, 2.75) is 90.6 Å². The molecule has 0 amide bonds. The SMILES string of the molecule is C=CCC(=O)OCC(C)(C)CC(=O)OC1CCCCCCCCC1. The van der Waals surface area contributed by atoms with Crippen molar-refractivity contribution >= 4 is 11.9 Å². The number of hydrogen-bond donors (Lipinski definition) is 0. The maximum atomic E-state index is 12.3. The van der Waals surface area contributed by atoms with Gasteiger partial charge in [0.25, 0.3) is 0 Å². The molecule has 4 nitrogen and oxygen atoms in total. The van der Waals surface area contributed by atoms with E-state index in [1.807, 2.05) is 13.8 Å². The van der Waals surface area contributed by atoms with Crippen molar-refractivity contribution in [3.63, 3.8) is 0 Å². The third kappa shape index (κ3) is 9.74. The van der Waals surface area contributed by atoms with E-state index in [0.717, 1.165) is 25.7 Å². The van der Waals surface area contributed by atoms with Gasteiger partial charge >= 0.3 is 11.9 Å². The van der Waals surface area contributed by atoms with Gasteiger partial charge in [0.05, 0.1) is 19.4 Å². The van der Waals surface area contributed by atoms with E-state index in [2.05, 4.69) is 6.58 Å². The summed E-state index contributed by atoms with van der Waals surface area (Å²) in [5.74, 6) is -0.486. The van der Waals surface area contributed by atoms with Crippen molar-refractivity contribution in [3.05, 3.63) is 12.7 Å². The monoisotopic (exact) mass is 338 g/mol. The molecule has 0 aromatic heterocycles. The molecule has 0 aromatic rings. The Balaban J connectivity index is 2.38. The van der Waals surface area contributed by atoms with Crippen LogP contribution in [-0.4, -0.2) is 24.6 Å². The average molecular weight is 338 g/mol. The standard InChI is InChI=1S/C20H34O4/c1-4-12-18(21)23-16-20(2,3)15-19(22)24-17-13-10-8-6-5-7-9-11-14-17/h4,17H,1,5-16H2,2-3H3. The van der Waals surface area contributed by atoms with Gasteiger partial charge in [-0.15, -0.1) is 6.58 Å². The summed E-state index contributed by atoms with van der Waals surface area (Å²) in [7, 11) is 0. The fourth-order valence-electron chi connectivity index (χ4n) is 3.01. The molecule has 0 saturated heterocycles. The molecular weight excluding hydrogens is 304 g/mol. The topological polar surface area (TPSA) is 52.6 Å². The lowest BCUT2D eigenvalue weighted by molar-refractivity contribution is -0.156. The van der Waals surface area contributed by atoms with Gasteiger partial charge in [-0.2, -0.15) is 0 Å². The van der Waals surface area contributed by atoms with Crippen molar-refractivity contribution in [1.82, 2.24) is 0 Å². The van der Waals surface area contributed by atoms with Crippen LogP contribution in [0.15, 0.2) is 12.7 Å². The normalized spacial score (nSPS) is 17.8. The molecule has 0 N–H and O–H groups in total. The highest BCUT2D eigenvalue weighted by Gasteiger charge is 2.26. The Labute approximate surface area is 147 Å². The third-order valence-electron chi connectivity index (χ3n) is 4.41. The molecule has 0 radical (unpaired) electrons. The third-order valence-corrected chi connectivity index (χ3v) is 4.41. The van der Waals surface area contributed by atoms with Gasteiger partial charge in [-0.05, 0) is 25.7 Å². The summed E-state index contributed by atoms with van der Waals surface area (Å²) in [5, 5.41) is 0. The van der Waals surface area contributed by atoms with Gasteiger partial charge in [0.2, 0.25) is 0 Å². The average Bonchev–Trinajstić information content (AvgIpc) is 2.51. The van der Waals surface area contributed by atoms with Gasteiger partial charge in [0, 0.05) is 5.41 Å². The summed E-state index contributed by atoms with van der Waals surface area (Å²) >= 11 is 0. The molecule has 1 fully saturated rings. The van der Waals surface area contributed by atoms with E-state index >= 15 is 0 Å². The lowest BCUT2D eigenvalue weighted by Crippen LogP contribution is -2.28. The van der Waals surface area contributed by atoms with Gasteiger partial charge < -0.3 is 9.47 Å². The van der Waals surface area contributed by atoms with Crippen LogP contribution in [0.2, 0.25) is 0 Å². The van der Waals surface area contributed by atoms with Gasteiger partial charge in [-0.3, -0.25) is 9.59 Å². The highest BCUT2D eigenvalue weighted by molar-refractivity contribution is 5.72. The summed E-state index contributed by atoms with van der Waals surface area (Å²) in [4.78, 5) is 23.7. The van der Waals surface area contributed by atoms with Gasteiger partial charge in [-0.25, -0.2) is 0 Å². The van der Waals surface area contributed by atoms with Crippen molar-refractivity contribution in [3.8, 4) is 0 Å². The second kappa shape index (κ2) is 11.3. The number of carbonyl (C=O) groups excluding carboxylic acids is 2. The minimum Gasteiger partial charge on any atom is -0.465 e. The van der Waals surface area contributed by atoms with Crippen LogP contribution in [0.1, 0.15) is 84.5 Å². The van der Waals surface area contributed by atoms with E-state index in [1.54, 1.807) is 0 Å². The van der Waals surface area contributed by atoms with Crippen molar-refractivity contribution in [2.24, 2.45) is 5.41 Å². The van der Waals surface area contributed by atoms with E-state index in [0.29, 0.717) is 0 Å². The van der Waals surface area contributed by atoms with E-state index in [9.17, 15) is 9.59 Å². The predicted octanol–water partition coefficient (Wildman–Crippen LogP) is 4.96. The molecule has 0 atom stereocenters. The van der Waals surface area contributed by atoms with E-state index in [4.69, 9.17) is 9.47 Å². The highest BCUT2D eigenvalue weighted by Crippen LogP contribution is 2.24.